The molecule has 0 spiro atoms. The molecule has 60 valence electrons. The van der Waals surface area contributed by atoms with E-state index in [2.05, 4.69) is 4.99 Å². The Balaban J connectivity index is 0. The molecule has 0 fully saturated rings. The molecule has 1 amide bonds. The lowest BCUT2D eigenvalue weighted by Gasteiger charge is -1.86. The number of primary amides is 1. The summed E-state index contributed by atoms with van der Waals surface area (Å²) in [6.07, 6.45) is 1.76. The van der Waals surface area contributed by atoms with Gasteiger partial charge in [-0.25, -0.2) is 0 Å². The monoisotopic (exact) mass is 184 g/mol. The number of hydrogen-bond donors (Lipinski definition) is 1. The van der Waals surface area contributed by atoms with Crippen molar-refractivity contribution in [3.63, 3.8) is 0 Å². The van der Waals surface area contributed by atoms with Crippen LogP contribution in [0.3, 0.4) is 0 Å². The highest BCUT2D eigenvalue weighted by Gasteiger charge is 2.10. The number of rotatable bonds is 1. The summed E-state index contributed by atoms with van der Waals surface area (Å²) in [5.74, 6) is -0.359. The van der Waals surface area contributed by atoms with Crippen molar-refractivity contribution in [1.82, 2.24) is 0 Å². The molecule has 1 aliphatic rings. The number of hydrogen-bond acceptors (Lipinski definition) is 2. The molecule has 0 aromatic carbocycles. The predicted molar refractivity (Wildman–Crippen MR) is 45.2 cm³/mol. The normalized spacial score (nSPS) is 14.6. The van der Waals surface area contributed by atoms with Crippen LogP contribution in [-0.4, -0.2) is 18.2 Å². The standard InChI is InChI=1S/C5H8N2O.2ClH/c6-5(8)4-2-1-3-7-4;;/h1-3H2,(H2,6,8);2*1H. The number of nitrogens with two attached hydrogens (primary N) is 1. The highest BCUT2D eigenvalue weighted by atomic mass is 35.5. The van der Waals surface area contributed by atoms with E-state index in [4.69, 9.17) is 5.73 Å². The van der Waals surface area contributed by atoms with E-state index in [9.17, 15) is 4.79 Å². The number of nitrogens with zero attached hydrogens (tertiary/aromatic N) is 1. The largest absolute Gasteiger partial charge is 0.365 e. The Labute approximate surface area is 71.9 Å². The zero-order chi connectivity index (χ0) is 5.98. The van der Waals surface area contributed by atoms with Gasteiger partial charge in [0.2, 0.25) is 0 Å². The Morgan fingerprint density at radius 2 is 2.10 bits per heavy atom. The van der Waals surface area contributed by atoms with Gasteiger partial charge in [-0.05, 0) is 12.8 Å². The van der Waals surface area contributed by atoms with Crippen LogP contribution in [0, 0.1) is 0 Å². The minimum absolute atomic E-state index is 0. The molecule has 0 bridgehead atoms. The molecule has 0 aromatic rings. The molecule has 5 heteroatoms. The van der Waals surface area contributed by atoms with Gasteiger partial charge in [0.05, 0.1) is 5.71 Å². The number of halogens is 2. The molecule has 2 N–H and O–H groups in total. The average Bonchev–Trinajstić information content (AvgIpc) is 2.12. The molecule has 0 aromatic heterocycles. The second kappa shape index (κ2) is 5.50. The molecule has 0 aliphatic carbocycles. The van der Waals surface area contributed by atoms with Gasteiger partial charge in [0.25, 0.3) is 5.91 Å². The third-order valence-corrected chi connectivity index (χ3v) is 1.16. The van der Waals surface area contributed by atoms with Gasteiger partial charge >= 0.3 is 0 Å². The minimum Gasteiger partial charge on any atom is -0.365 e. The van der Waals surface area contributed by atoms with E-state index in [1.54, 1.807) is 0 Å². The summed E-state index contributed by atoms with van der Waals surface area (Å²) in [6.45, 7) is 0.776. The van der Waals surface area contributed by atoms with E-state index < -0.39 is 0 Å². The van der Waals surface area contributed by atoms with E-state index in [0.29, 0.717) is 5.71 Å². The summed E-state index contributed by atoms with van der Waals surface area (Å²) in [5, 5.41) is 0. The first kappa shape index (κ1) is 12.4. The highest BCUT2D eigenvalue weighted by molar-refractivity contribution is 6.38. The molecule has 3 nitrogen and oxygen atoms in total. The molecular weight excluding hydrogens is 175 g/mol. The lowest BCUT2D eigenvalue weighted by atomic mass is 10.2. The first-order valence-corrected chi connectivity index (χ1v) is 2.64. The molecule has 1 rings (SSSR count). The second-order valence-corrected chi connectivity index (χ2v) is 1.80. The topological polar surface area (TPSA) is 55.5 Å². The fraction of sp³-hybridized carbons (Fsp3) is 0.600. The van der Waals surface area contributed by atoms with Gasteiger partial charge in [-0.15, -0.1) is 24.8 Å². The Morgan fingerprint density at radius 1 is 1.50 bits per heavy atom. The van der Waals surface area contributed by atoms with Crippen molar-refractivity contribution < 1.29 is 4.79 Å². The third-order valence-electron chi connectivity index (χ3n) is 1.16. The predicted octanol–water partition coefficient (Wildman–Crippen LogP) is 0.550. The fourth-order valence-corrected chi connectivity index (χ4v) is 0.741. The van der Waals surface area contributed by atoms with Crippen molar-refractivity contribution in [2.45, 2.75) is 12.8 Å². The summed E-state index contributed by atoms with van der Waals surface area (Å²) in [7, 11) is 0. The molecule has 0 atom stereocenters. The van der Waals surface area contributed by atoms with Crippen molar-refractivity contribution in [3.8, 4) is 0 Å². The van der Waals surface area contributed by atoms with Crippen LogP contribution in [0.1, 0.15) is 12.8 Å². The van der Waals surface area contributed by atoms with E-state index in [-0.39, 0.29) is 30.7 Å². The second-order valence-electron chi connectivity index (χ2n) is 1.80. The molecule has 1 aliphatic heterocycles. The molecule has 0 saturated carbocycles. The summed E-state index contributed by atoms with van der Waals surface area (Å²) >= 11 is 0. The van der Waals surface area contributed by atoms with Crippen LogP contribution in [0.15, 0.2) is 4.99 Å². The summed E-state index contributed by atoms with van der Waals surface area (Å²) in [6, 6.07) is 0. The Morgan fingerprint density at radius 3 is 2.30 bits per heavy atom. The van der Waals surface area contributed by atoms with E-state index >= 15 is 0 Å². The Hall–Kier alpha value is -0.280. The maximum atomic E-state index is 10.3. The smallest absolute Gasteiger partial charge is 0.262 e. The third kappa shape index (κ3) is 3.03. The van der Waals surface area contributed by atoms with Crippen LogP contribution >= 0.6 is 24.8 Å². The van der Waals surface area contributed by atoms with E-state index in [1.165, 1.54) is 0 Å². The molecule has 0 saturated heterocycles. The van der Waals surface area contributed by atoms with Crippen molar-refractivity contribution in [2.24, 2.45) is 10.7 Å². The van der Waals surface area contributed by atoms with Crippen molar-refractivity contribution in [3.05, 3.63) is 0 Å². The van der Waals surface area contributed by atoms with Gasteiger partial charge < -0.3 is 5.73 Å². The molecule has 10 heavy (non-hydrogen) atoms. The number of carbonyl (C=O) groups excluding carboxylic acids is 1. The fourth-order valence-electron chi connectivity index (χ4n) is 0.741. The maximum Gasteiger partial charge on any atom is 0.262 e. The van der Waals surface area contributed by atoms with Crippen molar-refractivity contribution in [1.29, 1.82) is 0 Å². The van der Waals surface area contributed by atoms with Crippen LogP contribution in [0.25, 0.3) is 0 Å². The quantitative estimate of drug-likeness (QED) is 0.637. The first-order valence-electron chi connectivity index (χ1n) is 2.64. The summed E-state index contributed by atoms with van der Waals surface area (Å²) in [5.41, 5.74) is 5.49. The molecular formula is C5H10Cl2N2O. The van der Waals surface area contributed by atoms with Crippen molar-refractivity contribution >= 4 is 36.4 Å². The number of aliphatic imine (C=N–C) groups is 1. The van der Waals surface area contributed by atoms with Gasteiger partial charge in [-0.3, -0.25) is 9.79 Å². The Bertz CT molecular complexity index is 147. The van der Waals surface area contributed by atoms with Crippen molar-refractivity contribution in [2.75, 3.05) is 6.54 Å². The van der Waals surface area contributed by atoms with Gasteiger partial charge in [0, 0.05) is 6.54 Å². The van der Waals surface area contributed by atoms with Gasteiger partial charge in [-0.1, -0.05) is 0 Å². The zero-order valence-corrected chi connectivity index (χ0v) is 7.00. The van der Waals surface area contributed by atoms with Crippen LogP contribution < -0.4 is 5.73 Å². The molecule has 0 radical (unpaired) electrons. The first-order chi connectivity index (χ1) is 3.80. The molecule has 0 unspecified atom stereocenters. The summed E-state index contributed by atoms with van der Waals surface area (Å²) in [4.78, 5) is 14.2. The lowest BCUT2D eigenvalue weighted by Crippen LogP contribution is -2.20. The van der Waals surface area contributed by atoms with Gasteiger partial charge in [0.1, 0.15) is 0 Å². The molecule has 1 heterocycles. The minimum atomic E-state index is -0.359. The Kier molecular flexibility index (Phi) is 6.82. The average molecular weight is 185 g/mol. The van der Waals surface area contributed by atoms with E-state index in [1.807, 2.05) is 0 Å². The lowest BCUT2D eigenvalue weighted by molar-refractivity contribution is -0.112. The van der Waals surface area contributed by atoms with Crippen LogP contribution in [0.2, 0.25) is 0 Å². The van der Waals surface area contributed by atoms with Crippen LogP contribution in [0.5, 0.6) is 0 Å². The van der Waals surface area contributed by atoms with E-state index in [0.717, 1.165) is 19.4 Å². The SMILES string of the molecule is Cl.Cl.NC(=O)C1=NCCC1. The zero-order valence-electron chi connectivity index (χ0n) is 5.37. The van der Waals surface area contributed by atoms with Crippen LogP contribution in [0.4, 0.5) is 0 Å². The highest BCUT2D eigenvalue weighted by Crippen LogP contribution is 2.01. The van der Waals surface area contributed by atoms with Crippen LogP contribution in [-0.2, 0) is 4.79 Å². The van der Waals surface area contributed by atoms with Gasteiger partial charge in [0.15, 0.2) is 0 Å². The van der Waals surface area contributed by atoms with Gasteiger partial charge in [-0.2, -0.15) is 0 Å². The number of amides is 1. The number of carbonyl (C=O) groups is 1. The summed E-state index contributed by atoms with van der Waals surface area (Å²) < 4.78 is 0. The maximum absolute atomic E-state index is 10.3.